The number of nitrogens with one attached hydrogen (secondary N) is 1. The van der Waals surface area contributed by atoms with Gasteiger partial charge in [0.1, 0.15) is 0 Å². The van der Waals surface area contributed by atoms with Crippen LogP contribution in [0, 0.1) is 0 Å². The maximum absolute atomic E-state index is 3.67. The van der Waals surface area contributed by atoms with Gasteiger partial charge >= 0.3 is 0 Å². The van der Waals surface area contributed by atoms with Crippen LogP contribution in [0.25, 0.3) is 0 Å². The average molecular weight is 171 g/mol. The van der Waals surface area contributed by atoms with Gasteiger partial charge in [-0.1, -0.05) is 6.92 Å². The van der Waals surface area contributed by atoms with Crippen molar-refractivity contribution < 1.29 is 0 Å². The first-order valence-electron chi connectivity index (χ1n) is 4.76. The summed E-state index contributed by atoms with van der Waals surface area (Å²) in [5.41, 5.74) is 0. The summed E-state index contributed by atoms with van der Waals surface area (Å²) in [5.74, 6) is 1.30. The number of thioether (sulfide) groups is 1. The molecule has 64 valence electrons. The third-order valence-corrected chi connectivity index (χ3v) is 4.02. The van der Waals surface area contributed by atoms with E-state index in [1.54, 1.807) is 0 Å². The first kappa shape index (κ1) is 7.93. The van der Waals surface area contributed by atoms with Crippen LogP contribution in [-0.2, 0) is 0 Å². The van der Waals surface area contributed by atoms with Crippen molar-refractivity contribution in [3.63, 3.8) is 0 Å². The van der Waals surface area contributed by atoms with E-state index in [4.69, 9.17) is 0 Å². The molecule has 0 radical (unpaired) electrons. The summed E-state index contributed by atoms with van der Waals surface area (Å²) in [5, 5.41) is 4.64. The third-order valence-electron chi connectivity index (χ3n) is 2.83. The molecule has 2 heteroatoms. The molecule has 0 aliphatic carbocycles. The summed E-state index contributed by atoms with van der Waals surface area (Å²) in [4.78, 5) is 0. The van der Waals surface area contributed by atoms with Crippen LogP contribution in [-0.4, -0.2) is 23.1 Å². The minimum Gasteiger partial charge on any atom is -0.311 e. The number of hydrogen-bond donors (Lipinski definition) is 1. The number of rotatable bonds is 2. The Morgan fingerprint density at radius 3 is 2.45 bits per heavy atom. The fourth-order valence-corrected chi connectivity index (χ4v) is 3.59. The Morgan fingerprint density at radius 1 is 1.27 bits per heavy atom. The predicted molar refractivity (Wildman–Crippen MR) is 51.1 cm³/mol. The highest BCUT2D eigenvalue weighted by Crippen LogP contribution is 2.33. The zero-order chi connectivity index (χ0) is 7.68. The van der Waals surface area contributed by atoms with Gasteiger partial charge in [-0.2, -0.15) is 11.8 Å². The first-order valence-corrected chi connectivity index (χ1v) is 5.81. The molecule has 0 spiro atoms. The van der Waals surface area contributed by atoms with E-state index in [-0.39, 0.29) is 0 Å². The van der Waals surface area contributed by atoms with Gasteiger partial charge in [-0.05, 0) is 31.4 Å². The summed E-state index contributed by atoms with van der Waals surface area (Å²) < 4.78 is 0. The van der Waals surface area contributed by atoms with Gasteiger partial charge in [-0.3, -0.25) is 0 Å². The van der Waals surface area contributed by atoms with E-state index in [1.165, 1.54) is 31.4 Å². The fraction of sp³-hybridized carbons (Fsp3) is 1.00. The molecule has 2 rings (SSSR count). The Hall–Kier alpha value is 0.310. The summed E-state index contributed by atoms with van der Waals surface area (Å²) in [7, 11) is 0. The van der Waals surface area contributed by atoms with Crippen LogP contribution in [0.2, 0.25) is 0 Å². The molecule has 0 amide bonds. The Kier molecular flexibility index (Phi) is 2.42. The number of hydrogen-bond acceptors (Lipinski definition) is 2. The van der Waals surface area contributed by atoms with Gasteiger partial charge in [0.2, 0.25) is 0 Å². The number of fused-ring (bicyclic) bond motifs is 2. The minimum absolute atomic E-state index is 0.873. The van der Waals surface area contributed by atoms with Gasteiger partial charge in [0.05, 0.1) is 0 Å². The molecule has 2 bridgehead atoms. The lowest BCUT2D eigenvalue weighted by molar-refractivity contribution is 0.415. The van der Waals surface area contributed by atoms with Crippen molar-refractivity contribution >= 4 is 11.8 Å². The lowest BCUT2D eigenvalue weighted by atomic mass is 10.1. The van der Waals surface area contributed by atoms with Crippen molar-refractivity contribution in [1.29, 1.82) is 0 Å². The van der Waals surface area contributed by atoms with Crippen molar-refractivity contribution in [3.8, 4) is 0 Å². The van der Waals surface area contributed by atoms with Gasteiger partial charge < -0.3 is 5.32 Å². The van der Waals surface area contributed by atoms with Crippen LogP contribution in [0.4, 0.5) is 0 Å². The second kappa shape index (κ2) is 3.36. The van der Waals surface area contributed by atoms with E-state index in [0.29, 0.717) is 0 Å². The van der Waals surface area contributed by atoms with E-state index in [1.807, 2.05) is 0 Å². The molecule has 1 nitrogen and oxygen atoms in total. The zero-order valence-corrected chi connectivity index (χ0v) is 7.99. The molecule has 0 aromatic carbocycles. The quantitative estimate of drug-likeness (QED) is 0.682. The molecule has 2 unspecified atom stereocenters. The highest BCUT2D eigenvalue weighted by molar-refractivity contribution is 7.99. The Balaban J connectivity index is 1.87. The molecule has 2 aliphatic rings. The molecule has 2 atom stereocenters. The monoisotopic (exact) mass is 171 g/mol. The highest BCUT2D eigenvalue weighted by Gasteiger charge is 2.32. The van der Waals surface area contributed by atoms with Crippen molar-refractivity contribution in [2.45, 2.75) is 49.9 Å². The molecule has 2 fully saturated rings. The molecule has 0 aromatic rings. The summed E-state index contributed by atoms with van der Waals surface area (Å²) >= 11 is 2.16. The van der Waals surface area contributed by atoms with E-state index in [2.05, 4.69) is 24.0 Å². The molecule has 11 heavy (non-hydrogen) atoms. The first-order chi connectivity index (χ1) is 5.38. The van der Waals surface area contributed by atoms with Gasteiger partial charge in [0.15, 0.2) is 0 Å². The Labute approximate surface area is 73.3 Å². The topological polar surface area (TPSA) is 12.0 Å². The maximum atomic E-state index is 3.67. The van der Waals surface area contributed by atoms with Crippen LogP contribution >= 0.6 is 11.8 Å². The molecular weight excluding hydrogens is 154 g/mol. The van der Waals surface area contributed by atoms with Crippen LogP contribution in [0.1, 0.15) is 32.6 Å². The molecule has 0 aromatic heterocycles. The standard InChI is InChI=1S/C9H17NS/c1-2-11-9-5-7-3-4-8(6-9)10-7/h7-10H,2-6H2,1H3. The third kappa shape index (κ3) is 1.73. The Bertz CT molecular complexity index is 126. The molecule has 2 aliphatic heterocycles. The van der Waals surface area contributed by atoms with E-state index in [0.717, 1.165) is 17.3 Å². The van der Waals surface area contributed by atoms with Gasteiger partial charge in [0, 0.05) is 17.3 Å². The second-order valence-corrected chi connectivity index (χ2v) is 5.26. The van der Waals surface area contributed by atoms with Gasteiger partial charge in [-0.25, -0.2) is 0 Å². The van der Waals surface area contributed by atoms with E-state index < -0.39 is 0 Å². The summed E-state index contributed by atoms with van der Waals surface area (Å²) in [6.45, 7) is 2.27. The van der Waals surface area contributed by atoms with Crippen molar-refractivity contribution in [2.75, 3.05) is 5.75 Å². The largest absolute Gasteiger partial charge is 0.311 e. The van der Waals surface area contributed by atoms with E-state index >= 15 is 0 Å². The van der Waals surface area contributed by atoms with Crippen molar-refractivity contribution in [3.05, 3.63) is 0 Å². The lowest BCUT2D eigenvalue weighted by Gasteiger charge is -2.28. The second-order valence-electron chi connectivity index (χ2n) is 3.69. The van der Waals surface area contributed by atoms with Gasteiger partial charge in [0.25, 0.3) is 0 Å². The van der Waals surface area contributed by atoms with Crippen molar-refractivity contribution in [1.82, 2.24) is 5.32 Å². The van der Waals surface area contributed by atoms with Crippen LogP contribution in [0.15, 0.2) is 0 Å². The lowest BCUT2D eigenvalue weighted by Crippen LogP contribution is -2.39. The van der Waals surface area contributed by atoms with E-state index in [9.17, 15) is 0 Å². The average Bonchev–Trinajstić information content (AvgIpc) is 2.32. The highest BCUT2D eigenvalue weighted by atomic mass is 32.2. The molecule has 0 saturated carbocycles. The summed E-state index contributed by atoms with van der Waals surface area (Å²) in [6.07, 6.45) is 5.72. The zero-order valence-electron chi connectivity index (χ0n) is 7.18. The van der Waals surface area contributed by atoms with Crippen molar-refractivity contribution in [2.24, 2.45) is 0 Å². The minimum atomic E-state index is 0.873. The van der Waals surface area contributed by atoms with Crippen LogP contribution in [0.5, 0.6) is 0 Å². The van der Waals surface area contributed by atoms with Crippen LogP contribution < -0.4 is 5.32 Å². The SMILES string of the molecule is CCSC1CC2CCC(C1)N2. The molecule has 1 N–H and O–H groups in total. The predicted octanol–water partition coefficient (Wildman–Crippen LogP) is 2.02. The smallest absolute Gasteiger partial charge is 0.00807 e. The normalized spacial score (nSPS) is 42.8. The number of piperidine rings is 1. The molecule has 2 heterocycles. The van der Waals surface area contributed by atoms with Crippen LogP contribution in [0.3, 0.4) is 0 Å². The fourth-order valence-electron chi connectivity index (χ4n) is 2.38. The maximum Gasteiger partial charge on any atom is 0.00807 e. The van der Waals surface area contributed by atoms with Gasteiger partial charge in [-0.15, -0.1) is 0 Å². The summed E-state index contributed by atoms with van der Waals surface area (Å²) in [6, 6.07) is 1.75. The Morgan fingerprint density at radius 2 is 1.91 bits per heavy atom. The molecule has 2 saturated heterocycles. The molecular formula is C9H17NS.